The molecule has 88 valence electrons. The lowest BCUT2D eigenvalue weighted by atomic mass is 9.97. The number of aromatic amines is 1. The van der Waals surface area contributed by atoms with Crippen molar-refractivity contribution >= 4 is 21.8 Å². The summed E-state index contributed by atoms with van der Waals surface area (Å²) in [5.74, 6) is 0.667. The van der Waals surface area contributed by atoms with E-state index in [-0.39, 0.29) is 5.91 Å². The van der Waals surface area contributed by atoms with Crippen molar-refractivity contribution in [1.29, 1.82) is 0 Å². The molecule has 0 spiro atoms. The Morgan fingerprint density at radius 1 is 1.56 bits per heavy atom. The van der Waals surface area contributed by atoms with E-state index in [2.05, 4.69) is 20.9 Å². The molecule has 3 N–H and O–H groups in total. The molecule has 1 aliphatic heterocycles. The predicted octanol–water partition coefficient (Wildman–Crippen LogP) is 1.59. The van der Waals surface area contributed by atoms with Crippen LogP contribution in [0.15, 0.2) is 16.7 Å². The quantitative estimate of drug-likeness (QED) is 0.867. The van der Waals surface area contributed by atoms with Gasteiger partial charge in [-0.25, -0.2) is 0 Å². The van der Waals surface area contributed by atoms with E-state index in [4.69, 9.17) is 5.73 Å². The van der Waals surface area contributed by atoms with Gasteiger partial charge in [0.2, 0.25) is 0 Å². The average Bonchev–Trinajstić information content (AvgIpc) is 2.75. The monoisotopic (exact) mass is 285 g/mol. The molecule has 1 aromatic heterocycles. The van der Waals surface area contributed by atoms with Crippen molar-refractivity contribution in [3.63, 3.8) is 0 Å². The van der Waals surface area contributed by atoms with E-state index < -0.39 is 0 Å². The Labute approximate surface area is 103 Å². The summed E-state index contributed by atoms with van der Waals surface area (Å²) in [6, 6.07) is 1.82. The fourth-order valence-corrected chi connectivity index (χ4v) is 2.38. The van der Waals surface area contributed by atoms with Crippen molar-refractivity contribution in [3.05, 3.63) is 22.4 Å². The first-order valence-electron chi connectivity index (χ1n) is 5.54. The molecular formula is C11H16BrN3O. The maximum absolute atomic E-state index is 12.1. The van der Waals surface area contributed by atoms with Gasteiger partial charge in [0.05, 0.1) is 0 Å². The number of nitrogens with one attached hydrogen (secondary N) is 1. The van der Waals surface area contributed by atoms with Crippen LogP contribution < -0.4 is 5.73 Å². The molecule has 2 heterocycles. The van der Waals surface area contributed by atoms with Crippen LogP contribution in [0, 0.1) is 5.92 Å². The third-order valence-electron chi connectivity index (χ3n) is 3.11. The molecule has 0 bridgehead atoms. The molecule has 1 fully saturated rings. The Morgan fingerprint density at radius 3 is 2.75 bits per heavy atom. The number of rotatable bonds is 2. The summed E-state index contributed by atoms with van der Waals surface area (Å²) in [6.45, 7) is 2.37. The second-order valence-corrected chi connectivity index (χ2v) is 5.12. The van der Waals surface area contributed by atoms with Crippen molar-refractivity contribution in [1.82, 2.24) is 9.88 Å². The van der Waals surface area contributed by atoms with E-state index in [1.165, 1.54) is 0 Å². The SMILES string of the molecule is NCC1CCN(C(=O)c2cc(Br)c[nH]2)CC1. The molecule has 0 aliphatic carbocycles. The van der Waals surface area contributed by atoms with Crippen LogP contribution in [0.3, 0.4) is 0 Å². The molecule has 1 aliphatic rings. The summed E-state index contributed by atoms with van der Waals surface area (Å²) in [6.07, 6.45) is 3.81. The van der Waals surface area contributed by atoms with E-state index >= 15 is 0 Å². The largest absolute Gasteiger partial charge is 0.356 e. The fourth-order valence-electron chi connectivity index (χ4n) is 2.03. The minimum Gasteiger partial charge on any atom is -0.356 e. The van der Waals surface area contributed by atoms with Gasteiger partial charge in [0, 0.05) is 23.8 Å². The van der Waals surface area contributed by atoms with E-state index in [0.717, 1.165) is 36.9 Å². The lowest BCUT2D eigenvalue weighted by molar-refractivity contribution is 0.0688. The number of H-pyrrole nitrogens is 1. The number of hydrogen-bond acceptors (Lipinski definition) is 2. The zero-order valence-corrected chi connectivity index (χ0v) is 10.7. The Morgan fingerprint density at radius 2 is 2.25 bits per heavy atom. The third kappa shape index (κ3) is 2.47. The standard InChI is InChI=1S/C11H16BrN3O/c12-9-5-10(14-7-9)11(16)15-3-1-8(6-13)2-4-15/h5,7-8,14H,1-4,6,13H2. The van der Waals surface area contributed by atoms with Gasteiger partial charge in [-0.2, -0.15) is 0 Å². The number of hydrogen-bond donors (Lipinski definition) is 2. The molecule has 0 radical (unpaired) electrons. The molecule has 4 nitrogen and oxygen atoms in total. The third-order valence-corrected chi connectivity index (χ3v) is 3.57. The van der Waals surface area contributed by atoms with Crippen molar-refractivity contribution < 1.29 is 4.79 Å². The highest BCUT2D eigenvalue weighted by molar-refractivity contribution is 9.10. The van der Waals surface area contributed by atoms with Crippen LogP contribution in [-0.2, 0) is 0 Å². The highest BCUT2D eigenvalue weighted by Crippen LogP contribution is 2.19. The minimum atomic E-state index is 0.0844. The number of likely N-dealkylation sites (tertiary alicyclic amines) is 1. The molecule has 0 unspecified atom stereocenters. The van der Waals surface area contributed by atoms with E-state index in [1.54, 1.807) is 6.20 Å². The van der Waals surface area contributed by atoms with Gasteiger partial charge in [-0.1, -0.05) is 0 Å². The van der Waals surface area contributed by atoms with Gasteiger partial charge >= 0.3 is 0 Å². The number of carbonyl (C=O) groups is 1. The number of amides is 1. The minimum absolute atomic E-state index is 0.0844. The average molecular weight is 286 g/mol. The van der Waals surface area contributed by atoms with Crippen LogP contribution >= 0.6 is 15.9 Å². The van der Waals surface area contributed by atoms with Gasteiger partial charge in [0.1, 0.15) is 5.69 Å². The topological polar surface area (TPSA) is 62.1 Å². The Hall–Kier alpha value is -0.810. The highest BCUT2D eigenvalue weighted by Gasteiger charge is 2.23. The normalized spacial score (nSPS) is 17.8. The molecule has 1 amide bonds. The second-order valence-electron chi connectivity index (χ2n) is 4.20. The molecule has 1 saturated heterocycles. The number of piperidine rings is 1. The van der Waals surface area contributed by atoms with Crippen LogP contribution in [0.2, 0.25) is 0 Å². The van der Waals surface area contributed by atoms with E-state index in [1.807, 2.05) is 11.0 Å². The number of nitrogens with zero attached hydrogens (tertiary/aromatic N) is 1. The Kier molecular flexibility index (Phi) is 3.66. The van der Waals surface area contributed by atoms with Crippen LogP contribution in [0.1, 0.15) is 23.3 Å². The Balaban J connectivity index is 1.96. The van der Waals surface area contributed by atoms with Gasteiger partial charge in [0.15, 0.2) is 0 Å². The molecule has 0 saturated carbocycles. The van der Waals surface area contributed by atoms with Crippen LogP contribution in [0.4, 0.5) is 0 Å². The number of carbonyl (C=O) groups excluding carboxylic acids is 1. The van der Waals surface area contributed by atoms with Gasteiger partial charge in [0.25, 0.3) is 5.91 Å². The fraction of sp³-hybridized carbons (Fsp3) is 0.545. The first kappa shape index (κ1) is 11.7. The van der Waals surface area contributed by atoms with Crippen molar-refractivity contribution in [2.45, 2.75) is 12.8 Å². The van der Waals surface area contributed by atoms with Crippen LogP contribution in [-0.4, -0.2) is 35.4 Å². The summed E-state index contributed by atoms with van der Waals surface area (Å²) in [4.78, 5) is 16.9. The van der Waals surface area contributed by atoms with E-state index in [0.29, 0.717) is 11.6 Å². The smallest absolute Gasteiger partial charge is 0.270 e. The zero-order valence-electron chi connectivity index (χ0n) is 9.08. The van der Waals surface area contributed by atoms with Gasteiger partial charge in [-0.3, -0.25) is 4.79 Å². The summed E-state index contributed by atoms with van der Waals surface area (Å²) in [5.41, 5.74) is 6.27. The highest BCUT2D eigenvalue weighted by atomic mass is 79.9. The lowest BCUT2D eigenvalue weighted by Gasteiger charge is -2.31. The summed E-state index contributed by atoms with van der Waals surface area (Å²) in [7, 11) is 0. The Bertz CT molecular complexity index is 369. The first-order chi connectivity index (χ1) is 7.70. The maximum atomic E-state index is 12.1. The first-order valence-corrected chi connectivity index (χ1v) is 6.33. The van der Waals surface area contributed by atoms with E-state index in [9.17, 15) is 4.79 Å². The number of halogens is 1. The van der Waals surface area contributed by atoms with Gasteiger partial charge in [-0.15, -0.1) is 0 Å². The van der Waals surface area contributed by atoms with Gasteiger partial charge in [-0.05, 0) is 47.3 Å². The number of aromatic nitrogens is 1. The van der Waals surface area contributed by atoms with Crippen LogP contribution in [0.25, 0.3) is 0 Å². The molecule has 5 heteroatoms. The van der Waals surface area contributed by atoms with Crippen molar-refractivity contribution in [3.8, 4) is 0 Å². The predicted molar refractivity (Wildman–Crippen MR) is 66.2 cm³/mol. The summed E-state index contributed by atoms with van der Waals surface area (Å²) < 4.78 is 0.910. The molecular weight excluding hydrogens is 270 g/mol. The molecule has 16 heavy (non-hydrogen) atoms. The molecule has 0 aromatic carbocycles. The zero-order chi connectivity index (χ0) is 11.5. The lowest BCUT2D eigenvalue weighted by Crippen LogP contribution is -2.40. The number of nitrogens with two attached hydrogens (primary N) is 1. The molecule has 2 rings (SSSR count). The van der Waals surface area contributed by atoms with Crippen LogP contribution in [0.5, 0.6) is 0 Å². The van der Waals surface area contributed by atoms with Gasteiger partial charge < -0.3 is 15.6 Å². The molecule has 1 aromatic rings. The summed E-state index contributed by atoms with van der Waals surface area (Å²) in [5, 5.41) is 0. The van der Waals surface area contributed by atoms with Crippen molar-refractivity contribution in [2.75, 3.05) is 19.6 Å². The summed E-state index contributed by atoms with van der Waals surface area (Å²) >= 11 is 3.33. The maximum Gasteiger partial charge on any atom is 0.270 e. The van der Waals surface area contributed by atoms with Crippen molar-refractivity contribution in [2.24, 2.45) is 11.7 Å². The molecule has 0 atom stereocenters. The second kappa shape index (κ2) is 5.01.